The molecule has 6 heteroatoms. The zero-order valence-electron chi connectivity index (χ0n) is 6.84. The Morgan fingerprint density at radius 3 is 2.71 bits per heavy atom. The first-order chi connectivity index (χ1) is 6.65. The molecule has 0 saturated heterocycles. The molecule has 0 atom stereocenters. The van der Waals surface area contributed by atoms with Crippen LogP contribution in [-0.2, 0) is 0 Å². The van der Waals surface area contributed by atoms with E-state index in [-0.39, 0.29) is 0 Å². The molecule has 4 nitrogen and oxygen atoms in total. The molecule has 0 radical (unpaired) electrons. The van der Waals surface area contributed by atoms with Crippen molar-refractivity contribution in [2.75, 3.05) is 0 Å². The molecule has 0 aliphatic rings. The van der Waals surface area contributed by atoms with E-state index in [9.17, 15) is 9.18 Å². The molecule has 2 N–H and O–H groups in total. The molecule has 1 aromatic carbocycles. The van der Waals surface area contributed by atoms with Crippen molar-refractivity contribution in [3.8, 4) is 11.4 Å². The highest BCUT2D eigenvalue weighted by Crippen LogP contribution is 2.20. The van der Waals surface area contributed by atoms with Crippen LogP contribution in [0.5, 0.6) is 0 Å². The maximum atomic E-state index is 13.0. The second-order valence-corrected chi connectivity index (χ2v) is 3.60. The van der Waals surface area contributed by atoms with E-state index < -0.39 is 11.5 Å². The van der Waals surface area contributed by atoms with Crippen LogP contribution in [0.15, 0.2) is 27.5 Å². The number of hydrogen-bond acceptors (Lipinski definition) is 2. The van der Waals surface area contributed by atoms with Crippen molar-refractivity contribution in [3.05, 3.63) is 39.0 Å². The lowest BCUT2D eigenvalue weighted by Gasteiger charge is -1.97. The fourth-order valence-electron chi connectivity index (χ4n) is 1.10. The number of benzene rings is 1. The summed E-state index contributed by atoms with van der Waals surface area (Å²) in [6.07, 6.45) is 0. The van der Waals surface area contributed by atoms with E-state index in [0.29, 0.717) is 15.9 Å². The minimum Gasteiger partial charge on any atom is -0.289 e. The number of rotatable bonds is 1. The van der Waals surface area contributed by atoms with Gasteiger partial charge in [-0.3, -0.25) is 4.98 Å². The van der Waals surface area contributed by atoms with Gasteiger partial charge in [0.25, 0.3) is 0 Å². The van der Waals surface area contributed by atoms with Gasteiger partial charge in [0.15, 0.2) is 5.82 Å². The average Bonchev–Trinajstić information content (AvgIpc) is 2.50. The molecule has 1 aromatic heterocycles. The van der Waals surface area contributed by atoms with Gasteiger partial charge < -0.3 is 0 Å². The molecule has 0 amide bonds. The number of aromatic nitrogens is 3. The zero-order valence-corrected chi connectivity index (χ0v) is 8.43. The highest BCUT2D eigenvalue weighted by molar-refractivity contribution is 9.10. The summed E-state index contributed by atoms with van der Waals surface area (Å²) in [5.74, 6) is -0.0755. The molecule has 0 fully saturated rings. The Morgan fingerprint density at radius 2 is 2.14 bits per heavy atom. The molecule has 0 unspecified atom stereocenters. The van der Waals surface area contributed by atoms with Crippen molar-refractivity contribution >= 4 is 15.9 Å². The number of nitrogens with one attached hydrogen (secondary N) is 2. The quantitative estimate of drug-likeness (QED) is 0.817. The van der Waals surface area contributed by atoms with Gasteiger partial charge in [-0.2, -0.15) is 5.10 Å². The van der Waals surface area contributed by atoms with E-state index in [1.165, 1.54) is 12.1 Å². The van der Waals surface area contributed by atoms with Gasteiger partial charge >= 0.3 is 5.69 Å². The zero-order chi connectivity index (χ0) is 10.1. The predicted molar refractivity (Wildman–Crippen MR) is 52.3 cm³/mol. The van der Waals surface area contributed by atoms with Crippen LogP contribution < -0.4 is 5.69 Å². The van der Waals surface area contributed by atoms with Gasteiger partial charge in [0.2, 0.25) is 0 Å². The summed E-state index contributed by atoms with van der Waals surface area (Å²) >= 11 is 3.15. The van der Waals surface area contributed by atoms with Crippen LogP contribution in [0.3, 0.4) is 0 Å². The Hall–Kier alpha value is -1.43. The van der Waals surface area contributed by atoms with Crippen molar-refractivity contribution in [1.29, 1.82) is 0 Å². The van der Waals surface area contributed by atoms with Crippen LogP contribution in [0, 0.1) is 5.82 Å². The van der Waals surface area contributed by atoms with E-state index in [1.54, 1.807) is 6.07 Å². The number of aromatic amines is 2. The predicted octanol–water partition coefficient (Wildman–Crippen LogP) is 1.67. The lowest BCUT2D eigenvalue weighted by molar-refractivity contribution is 0.627. The molecule has 0 aliphatic heterocycles. The minimum atomic E-state index is -0.416. The standard InChI is InChI=1S/C8H5BrFN3O/c9-5-1-4(2-6(10)3-5)7-11-8(14)13-12-7/h1-3H,(H2,11,12,13,14). The van der Waals surface area contributed by atoms with Gasteiger partial charge in [-0.15, -0.1) is 0 Å². The fourth-order valence-corrected chi connectivity index (χ4v) is 1.56. The normalized spacial score (nSPS) is 10.4. The second-order valence-electron chi connectivity index (χ2n) is 2.68. The summed E-state index contributed by atoms with van der Waals surface area (Å²) in [6.45, 7) is 0. The highest BCUT2D eigenvalue weighted by atomic mass is 79.9. The highest BCUT2D eigenvalue weighted by Gasteiger charge is 2.04. The molecule has 2 rings (SSSR count). The summed E-state index contributed by atoms with van der Waals surface area (Å²) in [5.41, 5.74) is 0.0932. The first kappa shape index (κ1) is 9.14. The largest absolute Gasteiger partial charge is 0.340 e. The maximum absolute atomic E-state index is 13.0. The fraction of sp³-hybridized carbons (Fsp3) is 0. The summed E-state index contributed by atoms with van der Waals surface area (Å²) in [4.78, 5) is 13.2. The van der Waals surface area contributed by atoms with Crippen molar-refractivity contribution in [3.63, 3.8) is 0 Å². The van der Waals surface area contributed by atoms with Crippen molar-refractivity contribution in [2.24, 2.45) is 0 Å². The van der Waals surface area contributed by atoms with Gasteiger partial charge in [-0.25, -0.2) is 14.3 Å². The van der Waals surface area contributed by atoms with Gasteiger partial charge in [0.05, 0.1) is 0 Å². The Kier molecular flexibility index (Phi) is 2.20. The molecule has 72 valence electrons. The maximum Gasteiger partial charge on any atom is 0.340 e. The third-order valence-electron chi connectivity index (χ3n) is 1.64. The van der Waals surface area contributed by atoms with Crippen LogP contribution in [0.4, 0.5) is 4.39 Å². The third kappa shape index (κ3) is 1.74. The van der Waals surface area contributed by atoms with Gasteiger partial charge in [-0.1, -0.05) is 15.9 Å². The van der Waals surface area contributed by atoms with E-state index in [4.69, 9.17) is 0 Å². The average molecular weight is 258 g/mol. The number of nitrogens with zero attached hydrogens (tertiary/aromatic N) is 1. The summed E-state index contributed by atoms with van der Waals surface area (Å²) in [5, 5.41) is 5.89. The first-order valence-corrected chi connectivity index (χ1v) is 4.55. The molecule has 2 aromatic rings. The molecule has 1 heterocycles. The number of halogens is 2. The molecular formula is C8H5BrFN3O. The van der Waals surface area contributed by atoms with Gasteiger partial charge in [-0.05, 0) is 18.2 Å². The SMILES string of the molecule is O=c1[nH]nc(-c2cc(F)cc(Br)c2)[nH]1. The monoisotopic (exact) mass is 257 g/mol. The van der Waals surface area contributed by atoms with Crippen LogP contribution in [0.1, 0.15) is 0 Å². The van der Waals surface area contributed by atoms with Crippen LogP contribution in [-0.4, -0.2) is 15.2 Å². The minimum absolute atomic E-state index is 0.315. The molecule has 0 aliphatic carbocycles. The summed E-state index contributed by atoms with van der Waals surface area (Å²) in [6, 6.07) is 4.28. The van der Waals surface area contributed by atoms with Gasteiger partial charge in [0, 0.05) is 10.0 Å². The van der Waals surface area contributed by atoms with E-state index >= 15 is 0 Å². The van der Waals surface area contributed by atoms with Crippen LogP contribution in [0.2, 0.25) is 0 Å². The topological polar surface area (TPSA) is 61.5 Å². The lowest BCUT2D eigenvalue weighted by Crippen LogP contribution is -2.00. The van der Waals surface area contributed by atoms with Crippen molar-refractivity contribution < 1.29 is 4.39 Å². The van der Waals surface area contributed by atoms with E-state index in [0.717, 1.165) is 0 Å². The Bertz CT molecular complexity index is 499. The summed E-state index contributed by atoms with van der Waals surface area (Å²) < 4.78 is 13.6. The Morgan fingerprint density at radius 1 is 1.36 bits per heavy atom. The Labute approximate surface area is 86.3 Å². The molecule has 0 bridgehead atoms. The summed E-state index contributed by atoms with van der Waals surface area (Å²) in [7, 11) is 0. The van der Waals surface area contributed by atoms with Gasteiger partial charge in [0.1, 0.15) is 5.82 Å². The number of H-pyrrole nitrogens is 2. The Balaban J connectivity index is 2.56. The van der Waals surface area contributed by atoms with E-state index in [2.05, 4.69) is 31.1 Å². The number of hydrogen-bond donors (Lipinski definition) is 2. The molecule has 14 heavy (non-hydrogen) atoms. The molecule has 0 spiro atoms. The third-order valence-corrected chi connectivity index (χ3v) is 2.10. The van der Waals surface area contributed by atoms with Crippen molar-refractivity contribution in [2.45, 2.75) is 0 Å². The smallest absolute Gasteiger partial charge is 0.289 e. The molecular weight excluding hydrogens is 253 g/mol. The van der Waals surface area contributed by atoms with E-state index in [1.807, 2.05) is 0 Å². The molecule has 0 saturated carbocycles. The van der Waals surface area contributed by atoms with Crippen molar-refractivity contribution in [1.82, 2.24) is 15.2 Å². The van der Waals surface area contributed by atoms with Crippen LogP contribution in [0.25, 0.3) is 11.4 Å². The first-order valence-electron chi connectivity index (χ1n) is 3.76. The second kappa shape index (κ2) is 3.38. The van der Waals surface area contributed by atoms with Crippen LogP contribution >= 0.6 is 15.9 Å². The lowest BCUT2D eigenvalue weighted by atomic mass is 10.2.